The Morgan fingerprint density at radius 1 is 1.39 bits per heavy atom. The van der Waals surface area contributed by atoms with Crippen molar-refractivity contribution >= 4 is 16.7 Å². The minimum absolute atomic E-state index is 0.161. The monoisotopic (exact) mass is 239 g/mol. The Bertz CT molecular complexity index is 695. The second-order valence-corrected chi connectivity index (χ2v) is 4.16. The molecule has 90 valence electrons. The van der Waals surface area contributed by atoms with Crippen LogP contribution in [0.15, 0.2) is 42.9 Å². The van der Waals surface area contributed by atoms with Crippen molar-refractivity contribution in [2.75, 3.05) is 0 Å². The highest BCUT2D eigenvalue weighted by Gasteiger charge is 2.14. The smallest absolute Gasteiger partial charge is 0.164 e. The van der Waals surface area contributed by atoms with E-state index in [9.17, 15) is 4.79 Å². The molecule has 0 unspecified atom stereocenters. The second-order valence-electron chi connectivity index (χ2n) is 4.16. The predicted octanol–water partition coefficient (Wildman–Crippen LogP) is 2.95. The van der Waals surface area contributed by atoms with Gasteiger partial charge in [0, 0.05) is 29.8 Å². The van der Waals surface area contributed by atoms with Gasteiger partial charge in [0.25, 0.3) is 0 Å². The lowest BCUT2D eigenvalue weighted by Crippen LogP contribution is -1.94. The van der Waals surface area contributed by atoms with Crippen molar-refractivity contribution in [3.63, 3.8) is 0 Å². The fourth-order valence-corrected chi connectivity index (χ4v) is 2.18. The quantitative estimate of drug-likeness (QED) is 0.714. The van der Waals surface area contributed by atoms with Gasteiger partial charge in [0.15, 0.2) is 5.78 Å². The molecule has 0 radical (unpaired) electrons. The molecule has 2 heterocycles. The maximum absolute atomic E-state index is 12.0. The molecule has 3 rings (SSSR count). The largest absolute Gasteiger partial charge is 0.313 e. The Labute approximate surface area is 104 Å². The first kappa shape index (κ1) is 10.8. The van der Waals surface area contributed by atoms with Crippen LogP contribution >= 0.6 is 0 Å². The van der Waals surface area contributed by atoms with Crippen LogP contribution in [0.5, 0.6) is 0 Å². The van der Waals surface area contributed by atoms with Gasteiger partial charge >= 0.3 is 0 Å². The van der Waals surface area contributed by atoms with Crippen molar-refractivity contribution < 1.29 is 4.79 Å². The minimum atomic E-state index is 0.161. The summed E-state index contributed by atoms with van der Waals surface area (Å²) in [5, 5.41) is 7.73. The average Bonchev–Trinajstić information content (AvgIpc) is 3.04. The van der Waals surface area contributed by atoms with Gasteiger partial charge in [-0.15, -0.1) is 0 Å². The van der Waals surface area contributed by atoms with Crippen molar-refractivity contribution in [3.8, 4) is 5.69 Å². The number of aromatic amines is 1. The lowest BCUT2D eigenvalue weighted by atomic mass is 10.1. The van der Waals surface area contributed by atoms with Crippen LogP contribution in [0, 0.1) is 0 Å². The number of nitrogens with one attached hydrogen (secondary N) is 1. The molecular weight excluding hydrogens is 226 g/mol. The van der Waals surface area contributed by atoms with Gasteiger partial charge in [0.05, 0.1) is 17.4 Å². The number of para-hydroxylation sites is 1. The van der Waals surface area contributed by atoms with E-state index < -0.39 is 0 Å². The molecule has 0 aliphatic carbocycles. The summed E-state index contributed by atoms with van der Waals surface area (Å²) in [6.45, 7) is 1.88. The molecule has 18 heavy (non-hydrogen) atoms. The molecule has 4 heteroatoms. The molecule has 1 N–H and O–H groups in total. The number of hydrogen-bond acceptors (Lipinski definition) is 2. The summed E-state index contributed by atoms with van der Waals surface area (Å²) in [6, 6.07) is 7.91. The van der Waals surface area contributed by atoms with Crippen LogP contribution in [0.25, 0.3) is 16.6 Å². The molecule has 0 bridgehead atoms. The van der Waals surface area contributed by atoms with Gasteiger partial charge in [-0.05, 0) is 6.07 Å². The molecule has 1 aromatic carbocycles. The average molecular weight is 239 g/mol. The van der Waals surface area contributed by atoms with E-state index in [1.54, 1.807) is 6.20 Å². The third-order valence-corrected chi connectivity index (χ3v) is 3.10. The lowest BCUT2D eigenvalue weighted by molar-refractivity contribution is 0.0989. The van der Waals surface area contributed by atoms with Crippen LogP contribution in [0.2, 0.25) is 0 Å². The Balaban J connectivity index is 2.31. The molecule has 0 amide bonds. The molecule has 0 aliphatic heterocycles. The van der Waals surface area contributed by atoms with E-state index in [1.165, 1.54) is 0 Å². The molecule has 3 aromatic rings. The van der Waals surface area contributed by atoms with E-state index in [-0.39, 0.29) is 5.78 Å². The molecule has 2 aromatic heterocycles. The standard InChI is InChI=1S/C14H13N3O/c1-2-14(18)12-9-17(10-7-15-16-8-10)13-6-4-3-5-11(12)13/h3-9H,2H2,1H3,(H,15,16). The number of fused-ring (bicyclic) bond motifs is 1. The van der Waals surface area contributed by atoms with Gasteiger partial charge in [-0.1, -0.05) is 25.1 Å². The first-order valence-corrected chi connectivity index (χ1v) is 5.93. The summed E-state index contributed by atoms with van der Waals surface area (Å²) >= 11 is 0. The number of aromatic nitrogens is 3. The zero-order chi connectivity index (χ0) is 12.5. The highest BCUT2D eigenvalue weighted by Crippen LogP contribution is 2.25. The fourth-order valence-electron chi connectivity index (χ4n) is 2.18. The van der Waals surface area contributed by atoms with Crippen LogP contribution < -0.4 is 0 Å². The number of H-pyrrole nitrogens is 1. The van der Waals surface area contributed by atoms with Gasteiger partial charge in [0.1, 0.15) is 0 Å². The summed E-state index contributed by atoms with van der Waals surface area (Å²) in [5.41, 5.74) is 2.73. The Hall–Kier alpha value is -2.36. The molecule has 0 fully saturated rings. The van der Waals surface area contributed by atoms with Crippen LogP contribution in [-0.4, -0.2) is 20.5 Å². The minimum Gasteiger partial charge on any atom is -0.313 e. The van der Waals surface area contributed by atoms with E-state index >= 15 is 0 Å². The number of rotatable bonds is 3. The van der Waals surface area contributed by atoms with Gasteiger partial charge < -0.3 is 4.57 Å². The number of ketones is 1. The summed E-state index contributed by atoms with van der Waals surface area (Å²) < 4.78 is 1.99. The van der Waals surface area contributed by atoms with Crippen molar-refractivity contribution in [1.82, 2.24) is 14.8 Å². The van der Waals surface area contributed by atoms with Crippen molar-refractivity contribution in [3.05, 3.63) is 48.4 Å². The molecule has 4 nitrogen and oxygen atoms in total. The molecule has 0 saturated heterocycles. The Morgan fingerprint density at radius 2 is 2.22 bits per heavy atom. The number of hydrogen-bond donors (Lipinski definition) is 1. The summed E-state index contributed by atoms with van der Waals surface area (Å²) in [5.74, 6) is 0.161. The number of carbonyl (C=O) groups is 1. The predicted molar refractivity (Wildman–Crippen MR) is 70.0 cm³/mol. The maximum atomic E-state index is 12.0. The van der Waals surface area contributed by atoms with Gasteiger partial charge in [0.2, 0.25) is 0 Å². The van der Waals surface area contributed by atoms with E-state index in [4.69, 9.17) is 0 Å². The third-order valence-electron chi connectivity index (χ3n) is 3.10. The Morgan fingerprint density at radius 3 is 2.94 bits per heavy atom. The van der Waals surface area contributed by atoms with E-state index in [2.05, 4.69) is 10.2 Å². The van der Waals surface area contributed by atoms with Gasteiger partial charge in [-0.2, -0.15) is 5.10 Å². The highest BCUT2D eigenvalue weighted by atomic mass is 16.1. The van der Waals surface area contributed by atoms with Crippen LogP contribution in [0.3, 0.4) is 0 Å². The van der Waals surface area contributed by atoms with E-state index in [0.29, 0.717) is 6.42 Å². The summed E-state index contributed by atoms with van der Waals surface area (Å²) in [7, 11) is 0. The maximum Gasteiger partial charge on any atom is 0.164 e. The van der Waals surface area contributed by atoms with Crippen LogP contribution in [0.4, 0.5) is 0 Å². The Kier molecular flexibility index (Phi) is 2.48. The zero-order valence-electron chi connectivity index (χ0n) is 10.1. The second kappa shape index (κ2) is 4.14. The fraction of sp³-hybridized carbons (Fsp3) is 0.143. The molecule has 0 spiro atoms. The molecule has 0 aliphatic rings. The topological polar surface area (TPSA) is 50.7 Å². The van der Waals surface area contributed by atoms with Crippen molar-refractivity contribution in [2.45, 2.75) is 13.3 Å². The van der Waals surface area contributed by atoms with E-state index in [1.807, 2.05) is 48.1 Å². The normalized spacial score (nSPS) is 10.9. The molecule has 0 saturated carbocycles. The zero-order valence-corrected chi connectivity index (χ0v) is 10.1. The molecular formula is C14H13N3O. The lowest BCUT2D eigenvalue weighted by Gasteiger charge is -1.99. The first-order chi connectivity index (χ1) is 8.81. The van der Waals surface area contributed by atoms with Gasteiger partial charge in [-0.25, -0.2) is 0 Å². The SMILES string of the molecule is CCC(=O)c1cn(-c2cn[nH]c2)c2ccccc12. The summed E-state index contributed by atoms with van der Waals surface area (Å²) in [4.78, 5) is 12.0. The number of nitrogens with zero attached hydrogens (tertiary/aromatic N) is 2. The number of carbonyl (C=O) groups excluding carboxylic acids is 1. The number of benzene rings is 1. The summed E-state index contributed by atoms with van der Waals surface area (Å²) in [6.07, 6.45) is 5.96. The van der Waals surface area contributed by atoms with E-state index in [0.717, 1.165) is 22.2 Å². The molecule has 0 atom stereocenters. The van der Waals surface area contributed by atoms with Crippen molar-refractivity contribution in [2.24, 2.45) is 0 Å². The van der Waals surface area contributed by atoms with Crippen LogP contribution in [0.1, 0.15) is 23.7 Å². The highest BCUT2D eigenvalue weighted by molar-refractivity contribution is 6.08. The first-order valence-electron chi connectivity index (χ1n) is 5.93. The number of Topliss-reactive ketones (excluding diaryl/α,β-unsaturated/α-hetero) is 1. The third kappa shape index (κ3) is 1.54. The van der Waals surface area contributed by atoms with Gasteiger partial charge in [-0.3, -0.25) is 9.89 Å². The van der Waals surface area contributed by atoms with Crippen LogP contribution in [-0.2, 0) is 0 Å². The van der Waals surface area contributed by atoms with Crippen molar-refractivity contribution in [1.29, 1.82) is 0 Å².